The van der Waals surface area contributed by atoms with Crippen LogP contribution in [-0.2, 0) is 34.0 Å². The van der Waals surface area contributed by atoms with Crippen molar-refractivity contribution in [1.82, 2.24) is 4.90 Å². The molecule has 3 atom stereocenters. The first kappa shape index (κ1) is 31.8. The number of carbonyl (C=O) groups excluding carboxylic acids is 1. The number of halogens is 6. The first-order valence-corrected chi connectivity index (χ1v) is 13.3. The van der Waals surface area contributed by atoms with E-state index in [-0.39, 0.29) is 44.2 Å². The van der Waals surface area contributed by atoms with Crippen LogP contribution < -0.4 is 5.73 Å². The summed E-state index contributed by atoms with van der Waals surface area (Å²) in [5, 5.41) is 9.78. The van der Waals surface area contributed by atoms with Crippen LogP contribution in [0.1, 0.15) is 53.7 Å². The lowest BCUT2D eigenvalue weighted by atomic mass is 9.75. The van der Waals surface area contributed by atoms with Crippen molar-refractivity contribution in [1.29, 1.82) is 5.26 Å². The van der Waals surface area contributed by atoms with Gasteiger partial charge in [-0.25, -0.2) is 4.79 Å². The Morgan fingerprint density at radius 3 is 2.05 bits per heavy atom. The molecule has 0 aromatic heterocycles. The van der Waals surface area contributed by atoms with Gasteiger partial charge in [0.05, 0.1) is 42.0 Å². The zero-order chi connectivity index (χ0) is 31.5. The maximum absolute atomic E-state index is 13.6. The lowest BCUT2D eigenvalue weighted by Crippen LogP contribution is -2.64. The second-order valence-corrected chi connectivity index (χ2v) is 10.6. The minimum Gasteiger partial charge on any atom is -0.445 e. The zero-order valence-corrected chi connectivity index (χ0v) is 23.1. The van der Waals surface area contributed by atoms with Crippen LogP contribution in [0.3, 0.4) is 0 Å². The van der Waals surface area contributed by atoms with Crippen molar-refractivity contribution in [3.8, 4) is 6.07 Å². The van der Waals surface area contributed by atoms with Gasteiger partial charge in [-0.2, -0.15) is 31.6 Å². The number of likely N-dealkylation sites (tertiary alicyclic amines) is 1. The van der Waals surface area contributed by atoms with E-state index >= 15 is 0 Å². The average molecular weight is 606 g/mol. The van der Waals surface area contributed by atoms with Gasteiger partial charge in [0.15, 0.2) is 0 Å². The van der Waals surface area contributed by atoms with Crippen LogP contribution in [0.4, 0.5) is 31.1 Å². The van der Waals surface area contributed by atoms with Crippen LogP contribution in [0.5, 0.6) is 0 Å². The highest BCUT2D eigenvalue weighted by Crippen LogP contribution is 2.43. The fraction of sp³-hybridized carbons (Fsp3) is 0.355. The van der Waals surface area contributed by atoms with Crippen molar-refractivity contribution >= 4 is 6.09 Å². The normalized spacial score (nSPS) is 21.6. The number of hydrogen-bond acceptors (Lipinski definition) is 5. The number of carbonyl (C=O) groups is 1. The van der Waals surface area contributed by atoms with Gasteiger partial charge in [-0.05, 0) is 54.7 Å². The highest BCUT2D eigenvalue weighted by Gasteiger charge is 2.51. The van der Waals surface area contributed by atoms with Crippen LogP contribution in [-0.4, -0.2) is 29.7 Å². The molecule has 1 heterocycles. The van der Waals surface area contributed by atoms with Gasteiger partial charge >= 0.3 is 18.4 Å². The highest BCUT2D eigenvalue weighted by molar-refractivity contribution is 5.70. The summed E-state index contributed by atoms with van der Waals surface area (Å²) >= 11 is 0. The molecule has 3 aromatic rings. The van der Waals surface area contributed by atoms with Gasteiger partial charge in [0.25, 0.3) is 0 Å². The smallest absolute Gasteiger partial charge is 0.416 e. The Labute approximate surface area is 244 Å². The Kier molecular flexibility index (Phi) is 9.08. The quantitative estimate of drug-likeness (QED) is 0.285. The van der Waals surface area contributed by atoms with E-state index in [1.807, 2.05) is 6.07 Å². The monoisotopic (exact) mass is 605 g/mol. The Hall–Kier alpha value is -4.08. The van der Waals surface area contributed by atoms with Crippen LogP contribution in [0.25, 0.3) is 0 Å². The van der Waals surface area contributed by atoms with Gasteiger partial charge < -0.3 is 15.2 Å². The number of rotatable bonds is 7. The molecule has 1 aliphatic heterocycles. The summed E-state index contributed by atoms with van der Waals surface area (Å²) in [6.45, 7) is 0.647. The van der Waals surface area contributed by atoms with E-state index in [0.29, 0.717) is 23.3 Å². The topological polar surface area (TPSA) is 88.6 Å². The molecule has 0 aliphatic carbocycles. The molecule has 0 unspecified atom stereocenters. The first-order valence-electron chi connectivity index (χ1n) is 13.3. The number of ether oxygens (including phenoxy) is 2. The lowest BCUT2D eigenvalue weighted by molar-refractivity contribution is -0.143. The van der Waals surface area contributed by atoms with Crippen molar-refractivity contribution < 1.29 is 40.6 Å². The van der Waals surface area contributed by atoms with E-state index in [4.69, 9.17) is 15.2 Å². The number of nitrogens with two attached hydrogens (primary N) is 1. The molecule has 43 heavy (non-hydrogen) atoms. The molecule has 1 aliphatic rings. The molecule has 228 valence electrons. The molecular weight excluding hydrogens is 576 g/mol. The van der Waals surface area contributed by atoms with E-state index in [1.165, 1.54) is 11.8 Å². The van der Waals surface area contributed by atoms with Gasteiger partial charge in [-0.3, -0.25) is 4.90 Å². The van der Waals surface area contributed by atoms with Gasteiger partial charge in [-0.15, -0.1) is 0 Å². The molecule has 3 aromatic carbocycles. The summed E-state index contributed by atoms with van der Waals surface area (Å²) in [6, 6.07) is 20.8. The van der Waals surface area contributed by atoms with E-state index < -0.39 is 46.8 Å². The number of alkyl halides is 6. The van der Waals surface area contributed by atoms with Gasteiger partial charge in [0.1, 0.15) is 12.1 Å². The number of nitriles is 1. The van der Waals surface area contributed by atoms with E-state index in [9.17, 15) is 36.4 Å². The number of nitrogens with zero attached hydrogens (tertiary/aromatic N) is 2. The van der Waals surface area contributed by atoms with Gasteiger partial charge in [0.2, 0.25) is 0 Å². The fourth-order valence-corrected chi connectivity index (χ4v) is 5.06. The Morgan fingerprint density at radius 2 is 1.51 bits per heavy atom. The van der Waals surface area contributed by atoms with Crippen LogP contribution >= 0.6 is 0 Å². The predicted molar refractivity (Wildman–Crippen MR) is 144 cm³/mol. The number of benzene rings is 3. The van der Waals surface area contributed by atoms with E-state index in [2.05, 4.69) is 0 Å². The molecule has 0 radical (unpaired) electrons. The largest absolute Gasteiger partial charge is 0.445 e. The summed E-state index contributed by atoms with van der Waals surface area (Å²) < 4.78 is 92.6. The highest BCUT2D eigenvalue weighted by atomic mass is 19.4. The summed E-state index contributed by atoms with van der Waals surface area (Å²) in [4.78, 5) is 14.9. The third kappa shape index (κ3) is 7.29. The molecule has 1 fully saturated rings. The van der Waals surface area contributed by atoms with Crippen LogP contribution in [0.15, 0.2) is 78.9 Å². The van der Waals surface area contributed by atoms with Crippen molar-refractivity contribution in [2.75, 3.05) is 13.2 Å². The molecule has 6 nitrogen and oxygen atoms in total. The van der Waals surface area contributed by atoms with Crippen molar-refractivity contribution in [2.45, 2.75) is 55.9 Å². The molecule has 0 saturated carbocycles. The van der Waals surface area contributed by atoms with Crippen molar-refractivity contribution in [3.63, 3.8) is 0 Å². The Morgan fingerprint density at radius 1 is 0.953 bits per heavy atom. The second kappa shape index (κ2) is 12.3. The van der Waals surface area contributed by atoms with Gasteiger partial charge in [-0.1, -0.05) is 60.7 Å². The average Bonchev–Trinajstić information content (AvgIpc) is 2.99. The number of amides is 1. The standard InChI is InChI=1S/C31H29F6N3O3/c1-21(23-14-25(30(32,33)34)16-26(15-23)31(35,36)37)43-20-29(24-10-6-3-7-11-24)13-12-28(39,18-38)19-40(29)27(41)42-17-22-8-4-2-5-9-22/h2-11,14-16,21H,12-13,17,19-20,39H2,1H3/t21-,28-,29-/m1/s1. The van der Waals surface area contributed by atoms with E-state index in [1.54, 1.807) is 60.7 Å². The molecule has 12 heteroatoms. The summed E-state index contributed by atoms with van der Waals surface area (Å²) in [6.07, 6.45) is -11.9. The lowest BCUT2D eigenvalue weighted by Gasteiger charge is -2.50. The predicted octanol–water partition coefficient (Wildman–Crippen LogP) is 7.35. The summed E-state index contributed by atoms with van der Waals surface area (Å²) in [5.74, 6) is 0. The second-order valence-electron chi connectivity index (χ2n) is 10.6. The SMILES string of the molecule is C[C@@H](OC[C@@]1(c2ccccc2)CC[C@@](N)(C#N)CN1C(=O)OCc1ccccc1)c1cc(C(F)(F)F)cc(C(F)(F)F)c1. The summed E-state index contributed by atoms with van der Waals surface area (Å²) in [5.41, 5.74) is 1.55. The maximum atomic E-state index is 13.6. The Balaban J connectivity index is 1.70. The van der Waals surface area contributed by atoms with Gasteiger partial charge in [0, 0.05) is 0 Å². The van der Waals surface area contributed by atoms with Crippen LogP contribution in [0, 0.1) is 11.3 Å². The molecule has 0 spiro atoms. The zero-order valence-electron chi connectivity index (χ0n) is 23.1. The Bertz CT molecular complexity index is 1430. The molecule has 1 saturated heterocycles. The van der Waals surface area contributed by atoms with Crippen LogP contribution in [0.2, 0.25) is 0 Å². The molecular formula is C31H29F6N3O3. The third-order valence-corrected chi connectivity index (χ3v) is 7.55. The third-order valence-electron chi connectivity index (χ3n) is 7.55. The first-order chi connectivity index (χ1) is 20.2. The van der Waals surface area contributed by atoms with Crippen molar-refractivity contribution in [2.24, 2.45) is 5.73 Å². The fourth-order valence-electron chi connectivity index (χ4n) is 5.06. The minimum absolute atomic E-state index is 0.0516. The molecule has 2 N–H and O–H groups in total. The molecule has 0 bridgehead atoms. The molecule has 1 amide bonds. The van der Waals surface area contributed by atoms with Crippen molar-refractivity contribution in [3.05, 3.63) is 107 Å². The maximum Gasteiger partial charge on any atom is 0.416 e. The van der Waals surface area contributed by atoms with E-state index in [0.717, 1.165) is 0 Å². The summed E-state index contributed by atoms with van der Waals surface area (Å²) in [7, 11) is 0. The molecule has 4 rings (SSSR count). The minimum atomic E-state index is -5.02. The number of piperidine rings is 1. The number of hydrogen-bond donors (Lipinski definition) is 1.